The summed E-state index contributed by atoms with van der Waals surface area (Å²) in [5, 5.41) is 45.5. The molecule has 0 aromatic heterocycles. The molecule has 0 heterocycles. The quantitative estimate of drug-likeness (QED) is 0.345. The smallest absolute Gasteiger partial charge is 0.255 e. The monoisotopic (exact) mass is 561 g/mol. The average Bonchev–Trinajstić information content (AvgIpc) is 2.90. The van der Waals surface area contributed by atoms with Gasteiger partial charge >= 0.3 is 0 Å². The number of aromatic hydroxyl groups is 1. The number of rotatable bonds is 5. The number of fused-ring (bicyclic) bond motifs is 3. The molecule has 3 aliphatic carbocycles. The van der Waals surface area contributed by atoms with Crippen molar-refractivity contribution >= 4 is 23.2 Å². The van der Waals surface area contributed by atoms with Gasteiger partial charge in [0.15, 0.2) is 11.4 Å². The van der Waals surface area contributed by atoms with Gasteiger partial charge in [-0.1, -0.05) is 19.1 Å². The second kappa shape index (κ2) is 9.74. The number of phenolic OH excluding ortho intramolecular Hbond substituents is 1. The Morgan fingerprint density at radius 3 is 2.24 bits per heavy atom. The van der Waals surface area contributed by atoms with Crippen LogP contribution in [0.2, 0.25) is 0 Å². The lowest BCUT2D eigenvalue weighted by Crippen LogP contribution is -2.63. The fourth-order valence-corrected chi connectivity index (χ4v) is 6.84. The maximum absolute atomic E-state index is 14.1. The molecule has 4 atom stereocenters. The number of Topliss-reactive ketones (excluding diaryl/α,β-unsaturated/α-hetero) is 2. The maximum Gasteiger partial charge on any atom is 0.255 e. The Balaban J connectivity index is 1.73. The highest BCUT2D eigenvalue weighted by molar-refractivity contribution is 6.25. The number of aryl methyl sites for hydroxylation is 1. The lowest BCUT2D eigenvalue weighted by atomic mass is 9.58. The second-order valence-electron chi connectivity index (χ2n) is 11.5. The Labute approximate surface area is 238 Å². The molecule has 5 rings (SSSR count). The van der Waals surface area contributed by atoms with Crippen molar-refractivity contribution in [2.75, 3.05) is 33.1 Å². The third-order valence-corrected chi connectivity index (χ3v) is 8.88. The zero-order valence-electron chi connectivity index (χ0n) is 23.7. The molecule has 0 fully saturated rings. The third-order valence-electron chi connectivity index (χ3n) is 8.88. The van der Waals surface area contributed by atoms with Crippen molar-refractivity contribution in [3.05, 3.63) is 69.7 Å². The molecule has 41 heavy (non-hydrogen) atoms. The first-order valence-electron chi connectivity index (χ1n) is 13.6. The van der Waals surface area contributed by atoms with E-state index in [0.717, 1.165) is 16.8 Å². The van der Waals surface area contributed by atoms with Crippen LogP contribution in [0.3, 0.4) is 0 Å². The minimum atomic E-state index is -2.66. The maximum atomic E-state index is 14.1. The van der Waals surface area contributed by atoms with Crippen LogP contribution >= 0.6 is 0 Å². The molecule has 10 heteroatoms. The molecule has 10 nitrogen and oxygen atoms in total. The van der Waals surface area contributed by atoms with Gasteiger partial charge < -0.3 is 31.1 Å². The number of anilines is 1. The predicted molar refractivity (Wildman–Crippen MR) is 153 cm³/mol. The van der Waals surface area contributed by atoms with Gasteiger partial charge in [0.1, 0.15) is 22.8 Å². The largest absolute Gasteiger partial charge is 0.510 e. The van der Waals surface area contributed by atoms with Crippen LogP contribution in [0.25, 0.3) is 11.1 Å². The van der Waals surface area contributed by atoms with E-state index in [4.69, 9.17) is 5.73 Å². The summed E-state index contributed by atoms with van der Waals surface area (Å²) in [6, 6.07) is 8.66. The molecule has 3 aliphatic rings. The van der Waals surface area contributed by atoms with E-state index in [1.807, 2.05) is 56.3 Å². The normalized spacial score (nSPS) is 25.7. The van der Waals surface area contributed by atoms with E-state index in [0.29, 0.717) is 17.5 Å². The molecular weight excluding hydrogens is 526 g/mol. The number of allylic oxidation sites excluding steroid dienone is 1. The van der Waals surface area contributed by atoms with Crippen LogP contribution in [-0.2, 0) is 22.4 Å². The third kappa shape index (κ3) is 3.96. The molecule has 0 saturated heterocycles. The van der Waals surface area contributed by atoms with Crippen molar-refractivity contribution in [1.29, 1.82) is 0 Å². The summed E-state index contributed by atoms with van der Waals surface area (Å²) >= 11 is 0. The van der Waals surface area contributed by atoms with Crippen LogP contribution in [0.4, 0.5) is 5.69 Å². The van der Waals surface area contributed by atoms with Gasteiger partial charge in [-0.25, -0.2) is 0 Å². The second-order valence-corrected chi connectivity index (χ2v) is 11.5. The minimum absolute atomic E-state index is 0.0248. The first kappa shape index (κ1) is 28.4. The van der Waals surface area contributed by atoms with Crippen molar-refractivity contribution in [2.24, 2.45) is 17.6 Å². The van der Waals surface area contributed by atoms with Gasteiger partial charge in [-0.3, -0.25) is 19.3 Å². The highest BCUT2D eigenvalue weighted by Gasteiger charge is 2.63. The number of carbonyl (C=O) groups excluding carboxylic acids is 3. The Morgan fingerprint density at radius 2 is 1.71 bits per heavy atom. The van der Waals surface area contributed by atoms with Crippen molar-refractivity contribution < 1.29 is 34.8 Å². The number of likely N-dealkylation sites (N-methyl/N-ethyl adjacent to an activating group) is 1. The summed E-state index contributed by atoms with van der Waals surface area (Å²) < 4.78 is 0. The van der Waals surface area contributed by atoms with Crippen LogP contribution in [-0.4, -0.2) is 82.6 Å². The van der Waals surface area contributed by atoms with E-state index in [-0.39, 0.29) is 29.7 Å². The Kier molecular flexibility index (Phi) is 6.74. The van der Waals surface area contributed by atoms with Crippen molar-refractivity contribution in [3.63, 3.8) is 0 Å². The first-order valence-corrected chi connectivity index (χ1v) is 13.6. The van der Waals surface area contributed by atoms with Gasteiger partial charge in [0, 0.05) is 31.3 Å². The van der Waals surface area contributed by atoms with E-state index in [2.05, 4.69) is 0 Å². The number of aliphatic hydroxyl groups is 3. The number of nitrogens with two attached hydrogens (primary N) is 1. The molecule has 2 aromatic rings. The molecule has 6 N–H and O–H groups in total. The number of aliphatic hydroxyl groups excluding tert-OH is 2. The molecule has 0 aliphatic heterocycles. The van der Waals surface area contributed by atoms with Crippen molar-refractivity contribution in [2.45, 2.75) is 37.8 Å². The van der Waals surface area contributed by atoms with Gasteiger partial charge in [-0.15, -0.1) is 0 Å². The Hall–Kier alpha value is -4.15. The zero-order chi connectivity index (χ0) is 30.1. The molecule has 4 unspecified atom stereocenters. The van der Waals surface area contributed by atoms with E-state index < -0.39 is 58.0 Å². The summed E-state index contributed by atoms with van der Waals surface area (Å²) in [4.78, 5) is 43.3. The van der Waals surface area contributed by atoms with Crippen LogP contribution in [0.5, 0.6) is 5.75 Å². The molecule has 0 radical (unpaired) electrons. The fourth-order valence-electron chi connectivity index (χ4n) is 6.84. The highest BCUT2D eigenvalue weighted by Crippen LogP contribution is 2.53. The van der Waals surface area contributed by atoms with Crippen LogP contribution in [0.1, 0.15) is 34.8 Å². The minimum Gasteiger partial charge on any atom is -0.510 e. The number of benzene rings is 2. The highest BCUT2D eigenvalue weighted by atomic mass is 16.3. The number of hydrogen-bond acceptors (Lipinski definition) is 9. The van der Waals surface area contributed by atoms with Gasteiger partial charge in [0.25, 0.3) is 5.91 Å². The molecule has 0 spiro atoms. The molecule has 1 amide bonds. The zero-order valence-corrected chi connectivity index (χ0v) is 23.7. The number of carbonyl (C=O) groups is 3. The van der Waals surface area contributed by atoms with E-state index in [1.54, 1.807) is 14.1 Å². The number of phenols is 1. The van der Waals surface area contributed by atoms with Crippen molar-refractivity contribution in [1.82, 2.24) is 4.90 Å². The topological polar surface area (TPSA) is 165 Å². The van der Waals surface area contributed by atoms with E-state index in [1.165, 1.54) is 4.90 Å². The SMILES string of the molecule is CCc1cc(-c2ccc(N(C)C)cc2)c2c(c1O)C(=O)C1=C(O)C3(O)C(=O)C(C(N)=O)=C(O)C(N(C)C)C3CC1C2. The van der Waals surface area contributed by atoms with Crippen molar-refractivity contribution in [3.8, 4) is 16.9 Å². The molecule has 0 bridgehead atoms. The average molecular weight is 562 g/mol. The van der Waals surface area contributed by atoms with Gasteiger partial charge in [0.2, 0.25) is 5.78 Å². The first-order chi connectivity index (χ1) is 19.2. The van der Waals surface area contributed by atoms with Crippen LogP contribution < -0.4 is 10.6 Å². The summed E-state index contributed by atoms with van der Waals surface area (Å²) in [6.45, 7) is 1.85. The Bertz CT molecular complexity index is 1550. The van der Waals surface area contributed by atoms with Gasteiger partial charge in [0.05, 0.1) is 11.6 Å². The van der Waals surface area contributed by atoms with E-state index in [9.17, 15) is 34.8 Å². The fraction of sp³-hybridized carbons (Fsp3) is 0.387. The molecule has 216 valence electrons. The lowest BCUT2D eigenvalue weighted by Gasteiger charge is -2.50. The van der Waals surface area contributed by atoms with Crippen LogP contribution in [0, 0.1) is 11.8 Å². The number of nitrogens with zero attached hydrogens (tertiary/aromatic N) is 2. The van der Waals surface area contributed by atoms with Crippen LogP contribution in [0.15, 0.2) is 53.0 Å². The van der Waals surface area contributed by atoms with Gasteiger partial charge in [-0.2, -0.15) is 0 Å². The number of hydrogen-bond donors (Lipinski definition) is 5. The number of ketones is 2. The summed E-state index contributed by atoms with van der Waals surface area (Å²) in [5.41, 5.74) is 5.55. The number of amides is 1. The standard InChI is InChI=1S/C31H35N3O7/c1-6-14-11-18(15-7-9-17(10-8-15)33(2)3)19-12-16-13-20-24(34(4)5)27(37)23(30(32)40)29(39)31(20,41)28(38)21(16)26(36)22(19)25(14)35/h7-11,16,20,24,35,37-38,41H,6,12-13H2,1-5H3,(H2,32,40). The summed E-state index contributed by atoms with van der Waals surface area (Å²) in [7, 11) is 7.08. The molecule has 0 saturated carbocycles. The summed E-state index contributed by atoms with van der Waals surface area (Å²) in [6.07, 6.45) is 0.711. The summed E-state index contributed by atoms with van der Waals surface area (Å²) in [5.74, 6) is -6.54. The Morgan fingerprint density at radius 1 is 1.07 bits per heavy atom. The lowest BCUT2D eigenvalue weighted by molar-refractivity contribution is -0.148. The van der Waals surface area contributed by atoms with Gasteiger partial charge in [-0.05, 0) is 79.7 Å². The molecule has 2 aromatic carbocycles. The number of primary amides is 1. The predicted octanol–water partition coefficient (Wildman–Crippen LogP) is 2.42. The molecular formula is C31H35N3O7. The van der Waals surface area contributed by atoms with E-state index >= 15 is 0 Å².